The Morgan fingerprint density at radius 2 is 2.16 bits per heavy atom. The Kier molecular flexibility index (Phi) is 5.18. The van der Waals surface area contributed by atoms with Gasteiger partial charge in [0.15, 0.2) is 0 Å². The van der Waals surface area contributed by atoms with E-state index in [1.807, 2.05) is 23.9 Å². The number of carbonyl (C=O) groups is 1. The van der Waals surface area contributed by atoms with E-state index >= 15 is 0 Å². The molecule has 2 aromatic rings. The topological polar surface area (TPSA) is 63.1 Å². The summed E-state index contributed by atoms with van der Waals surface area (Å²) in [6.45, 7) is 8.22. The van der Waals surface area contributed by atoms with E-state index in [9.17, 15) is 4.79 Å². The first-order chi connectivity index (χ1) is 12.0. The molecule has 1 amide bonds. The maximum Gasteiger partial charge on any atom is 0.217 e. The average Bonchev–Trinajstić information content (AvgIpc) is 3.14. The largest absolute Gasteiger partial charge is 0.351 e. The van der Waals surface area contributed by atoms with Crippen LogP contribution in [-0.2, 0) is 24.9 Å². The third-order valence-electron chi connectivity index (χ3n) is 5.07. The highest BCUT2D eigenvalue weighted by Crippen LogP contribution is 2.33. The summed E-state index contributed by atoms with van der Waals surface area (Å²) in [5.74, 6) is -0.0303. The fourth-order valence-corrected chi connectivity index (χ4v) is 3.60. The summed E-state index contributed by atoms with van der Waals surface area (Å²) in [6.07, 6.45) is 2.30. The predicted molar refractivity (Wildman–Crippen MR) is 96.8 cm³/mol. The molecule has 1 aliphatic heterocycles. The minimum Gasteiger partial charge on any atom is -0.351 e. The van der Waals surface area contributed by atoms with Gasteiger partial charge in [-0.3, -0.25) is 19.4 Å². The van der Waals surface area contributed by atoms with Crippen molar-refractivity contribution in [3.8, 4) is 0 Å². The number of amides is 1. The zero-order chi connectivity index (χ0) is 18.0. The number of likely N-dealkylation sites (tertiary alicyclic amines) is 1. The summed E-state index contributed by atoms with van der Waals surface area (Å²) < 4.78 is 1.96. The van der Waals surface area contributed by atoms with Crippen molar-refractivity contribution in [2.75, 3.05) is 6.54 Å². The second-order valence-corrected chi connectivity index (χ2v) is 6.87. The van der Waals surface area contributed by atoms with Gasteiger partial charge in [-0.05, 0) is 45.4 Å². The van der Waals surface area contributed by atoms with Crippen molar-refractivity contribution < 1.29 is 4.79 Å². The van der Waals surface area contributed by atoms with E-state index in [0.29, 0.717) is 12.6 Å². The molecule has 134 valence electrons. The lowest BCUT2D eigenvalue weighted by atomic mass is 10.1. The van der Waals surface area contributed by atoms with Crippen LogP contribution in [0.25, 0.3) is 0 Å². The SMILES string of the molecule is CC(=O)NCc1cccc([C@H]2CCCN2Cc2c(C)nn(C)c2C)n1. The molecule has 0 spiro atoms. The van der Waals surface area contributed by atoms with Crippen LogP contribution in [0.3, 0.4) is 0 Å². The van der Waals surface area contributed by atoms with E-state index in [4.69, 9.17) is 4.98 Å². The molecule has 3 rings (SSSR count). The smallest absolute Gasteiger partial charge is 0.217 e. The Hall–Kier alpha value is -2.21. The number of hydrogen-bond donors (Lipinski definition) is 1. The highest BCUT2D eigenvalue weighted by molar-refractivity contribution is 5.72. The summed E-state index contributed by atoms with van der Waals surface area (Å²) in [5.41, 5.74) is 5.67. The van der Waals surface area contributed by atoms with Crippen LogP contribution >= 0.6 is 0 Å². The van der Waals surface area contributed by atoms with Crippen molar-refractivity contribution in [1.29, 1.82) is 0 Å². The Bertz CT molecular complexity index is 767. The number of nitrogens with one attached hydrogen (secondary N) is 1. The minimum absolute atomic E-state index is 0.0303. The quantitative estimate of drug-likeness (QED) is 0.907. The Morgan fingerprint density at radius 3 is 2.84 bits per heavy atom. The molecule has 0 radical (unpaired) electrons. The van der Waals surface area contributed by atoms with Gasteiger partial charge < -0.3 is 5.32 Å². The monoisotopic (exact) mass is 341 g/mol. The second-order valence-electron chi connectivity index (χ2n) is 6.87. The van der Waals surface area contributed by atoms with Crippen LogP contribution in [0.4, 0.5) is 0 Å². The van der Waals surface area contributed by atoms with Crippen LogP contribution in [0.2, 0.25) is 0 Å². The van der Waals surface area contributed by atoms with Gasteiger partial charge in [0.25, 0.3) is 0 Å². The third kappa shape index (κ3) is 3.90. The van der Waals surface area contributed by atoms with Crippen molar-refractivity contribution in [2.45, 2.75) is 52.7 Å². The van der Waals surface area contributed by atoms with Gasteiger partial charge in [0.2, 0.25) is 5.91 Å². The predicted octanol–water partition coefficient (Wildman–Crippen LogP) is 2.41. The number of pyridine rings is 1. The second kappa shape index (κ2) is 7.35. The number of aryl methyl sites for hydroxylation is 2. The lowest BCUT2D eigenvalue weighted by molar-refractivity contribution is -0.119. The number of nitrogens with zero attached hydrogens (tertiary/aromatic N) is 4. The summed E-state index contributed by atoms with van der Waals surface area (Å²) in [4.78, 5) is 18.4. The van der Waals surface area contributed by atoms with Gasteiger partial charge in [-0.2, -0.15) is 5.10 Å². The molecule has 1 saturated heterocycles. The molecule has 6 nitrogen and oxygen atoms in total. The molecule has 1 N–H and O–H groups in total. The maximum absolute atomic E-state index is 11.1. The Morgan fingerprint density at radius 1 is 1.36 bits per heavy atom. The van der Waals surface area contributed by atoms with Gasteiger partial charge >= 0.3 is 0 Å². The van der Waals surface area contributed by atoms with E-state index in [1.54, 1.807) is 0 Å². The molecule has 6 heteroatoms. The van der Waals surface area contributed by atoms with Crippen LogP contribution < -0.4 is 5.32 Å². The third-order valence-corrected chi connectivity index (χ3v) is 5.07. The molecule has 0 unspecified atom stereocenters. The van der Waals surface area contributed by atoms with Gasteiger partial charge in [0.1, 0.15) is 0 Å². The van der Waals surface area contributed by atoms with Crippen LogP contribution in [0.1, 0.15) is 54.1 Å². The van der Waals surface area contributed by atoms with E-state index in [-0.39, 0.29) is 5.91 Å². The van der Waals surface area contributed by atoms with E-state index in [0.717, 1.165) is 36.6 Å². The number of aromatic nitrogens is 3. The highest BCUT2D eigenvalue weighted by atomic mass is 16.1. The molecule has 1 atom stereocenters. The van der Waals surface area contributed by atoms with Crippen molar-refractivity contribution in [1.82, 2.24) is 25.0 Å². The number of rotatable bonds is 5. The van der Waals surface area contributed by atoms with Gasteiger partial charge in [0.05, 0.1) is 29.7 Å². The molecule has 25 heavy (non-hydrogen) atoms. The van der Waals surface area contributed by atoms with E-state index in [2.05, 4.69) is 35.2 Å². The lowest BCUT2D eigenvalue weighted by Crippen LogP contribution is -2.25. The van der Waals surface area contributed by atoms with Crippen molar-refractivity contribution in [2.24, 2.45) is 7.05 Å². The fourth-order valence-electron chi connectivity index (χ4n) is 3.60. The summed E-state index contributed by atoms with van der Waals surface area (Å²) in [7, 11) is 2.00. The van der Waals surface area contributed by atoms with Crippen molar-refractivity contribution >= 4 is 5.91 Å². The first kappa shape index (κ1) is 17.6. The molecule has 1 fully saturated rings. The molecule has 0 aromatic carbocycles. The standard InChI is InChI=1S/C19H27N5O/c1-13-17(14(2)23(4)22-13)12-24-10-6-9-19(24)18-8-5-7-16(21-18)11-20-15(3)25/h5,7-8,19H,6,9-12H2,1-4H3,(H,20,25)/t19-/m1/s1. The Labute approximate surface area is 149 Å². The molecule has 0 aliphatic carbocycles. The first-order valence-corrected chi connectivity index (χ1v) is 8.89. The normalized spacial score (nSPS) is 17.8. The van der Waals surface area contributed by atoms with Crippen molar-refractivity contribution in [3.63, 3.8) is 0 Å². The lowest BCUT2D eigenvalue weighted by Gasteiger charge is -2.24. The molecule has 2 aromatic heterocycles. The summed E-state index contributed by atoms with van der Waals surface area (Å²) >= 11 is 0. The van der Waals surface area contributed by atoms with Gasteiger partial charge in [-0.15, -0.1) is 0 Å². The molecule has 1 aliphatic rings. The maximum atomic E-state index is 11.1. The summed E-state index contributed by atoms with van der Waals surface area (Å²) in [6, 6.07) is 6.43. The van der Waals surface area contributed by atoms with Gasteiger partial charge in [0, 0.05) is 31.8 Å². The number of carbonyl (C=O) groups excluding carboxylic acids is 1. The first-order valence-electron chi connectivity index (χ1n) is 8.89. The van der Waals surface area contributed by atoms with E-state index < -0.39 is 0 Å². The van der Waals surface area contributed by atoms with Gasteiger partial charge in [-0.25, -0.2) is 0 Å². The van der Waals surface area contributed by atoms with Crippen LogP contribution in [-0.4, -0.2) is 32.1 Å². The van der Waals surface area contributed by atoms with Crippen LogP contribution in [0, 0.1) is 13.8 Å². The van der Waals surface area contributed by atoms with Crippen LogP contribution in [0.15, 0.2) is 18.2 Å². The van der Waals surface area contributed by atoms with Crippen LogP contribution in [0.5, 0.6) is 0 Å². The molecular weight excluding hydrogens is 314 g/mol. The fraction of sp³-hybridized carbons (Fsp3) is 0.526. The van der Waals surface area contributed by atoms with Gasteiger partial charge in [-0.1, -0.05) is 6.07 Å². The zero-order valence-electron chi connectivity index (χ0n) is 15.5. The summed E-state index contributed by atoms with van der Waals surface area (Å²) in [5, 5.41) is 7.36. The highest BCUT2D eigenvalue weighted by Gasteiger charge is 2.28. The number of hydrogen-bond acceptors (Lipinski definition) is 4. The van der Waals surface area contributed by atoms with Crippen molar-refractivity contribution in [3.05, 3.63) is 46.5 Å². The minimum atomic E-state index is -0.0303. The average molecular weight is 341 g/mol. The Balaban J connectivity index is 1.77. The zero-order valence-corrected chi connectivity index (χ0v) is 15.5. The van der Waals surface area contributed by atoms with E-state index in [1.165, 1.54) is 24.6 Å². The molecule has 0 saturated carbocycles. The molecule has 0 bridgehead atoms. The molecular formula is C19H27N5O. The molecule has 3 heterocycles.